The number of halogens is 5. The first kappa shape index (κ1) is 29.5. The van der Waals surface area contributed by atoms with Gasteiger partial charge in [-0.25, -0.2) is 30.4 Å². The van der Waals surface area contributed by atoms with Crippen molar-refractivity contribution in [3.8, 4) is 5.75 Å². The molecule has 1 aliphatic heterocycles. The largest absolute Gasteiger partial charge is 0.744 e. The second kappa shape index (κ2) is 12.8. The summed E-state index contributed by atoms with van der Waals surface area (Å²) < 4.78 is 104. The van der Waals surface area contributed by atoms with Crippen LogP contribution < -0.4 is 4.74 Å². The smallest absolute Gasteiger partial charge is 0.200 e. The van der Waals surface area contributed by atoms with Gasteiger partial charge in [0.05, 0.1) is 17.5 Å². The summed E-state index contributed by atoms with van der Waals surface area (Å²) in [6, 6.07) is 29.8. The molecular formula is C28H21F5O5S2. The number of rotatable bonds is 6. The summed E-state index contributed by atoms with van der Waals surface area (Å²) in [6.07, 6.45) is 1.96. The van der Waals surface area contributed by atoms with E-state index in [1.165, 1.54) is 14.7 Å². The average Bonchev–Trinajstić information content (AvgIpc) is 3.46. The summed E-state index contributed by atoms with van der Waals surface area (Å²) in [6.45, 7) is 0.800. The summed E-state index contributed by atoms with van der Waals surface area (Å²) >= 11 is 0. The van der Waals surface area contributed by atoms with E-state index in [0.717, 1.165) is 25.2 Å². The van der Waals surface area contributed by atoms with Crippen LogP contribution in [0.5, 0.6) is 5.75 Å². The summed E-state index contributed by atoms with van der Waals surface area (Å²) in [5, 5.41) is 0. The molecule has 0 aliphatic carbocycles. The predicted molar refractivity (Wildman–Crippen MR) is 135 cm³/mol. The van der Waals surface area contributed by atoms with E-state index in [9.17, 15) is 34.9 Å². The molecule has 0 amide bonds. The Labute approximate surface area is 230 Å². The maximum Gasteiger partial charge on any atom is 0.200 e. The van der Waals surface area contributed by atoms with Crippen LogP contribution in [0.25, 0.3) is 0 Å². The molecule has 0 saturated carbocycles. The molecule has 0 aromatic heterocycles. The van der Waals surface area contributed by atoms with Gasteiger partial charge in [0, 0.05) is 6.42 Å². The molecule has 1 atom stereocenters. The average molecular weight is 597 g/mol. The van der Waals surface area contributed by atoms with Crippen molar-refractivity contribution in [1.29, 1.82) is 0 Å². The highest BCUT2D eigenvalue weighted by Crippen LogP contribution is 2.32. The molecule has 1 saturated heterocycles. The number of benzene rings is 4. The topological polar surface area (TPSA) is 75.7 Å². The SMILES string of the molecule is O=S(=O)([O-])c1c(F)c(F)c(F)c(F)c1F.c1ccc([S+](c2ccccc2)c2ccc(OC3CCCO3)cc2)cc1. The van der Waals surface area contributed by atoms with E-state index >= 15 is 0 Å². The van der Waals surface area contributed by atoms with E-state index in [1.807, 2.05) is 0 Å². The Kier molecular flexibility index (Phi) is 9.46. The zero-order valence-electron chi connectivity index (χ0n) is 20.5. The number of hydrogen-bond acceptors (Lipinski definition) is 5. The van der Waals surface area contributed by atoms with Crippen molar-refractivity contribution < 1.29 is 44.4 Å². The van der Waals surface area contributed by atoms with Crippen molar-refractivity contribution in [2.24, 2.45) is 0 Å². The minimum atomic E-state index is -5.77. The first-order chi connectivity index (χ1) is 19.1. The Bertz CT molecular complexity index is 1480. The summed E-state index contributed by atoms with van der Waals surface area (Å²) in [4.78, 5) is 1.55. The molecule has 0 spiro atoms. The standard InChI is InChI=1S/C22H21O2S.C6HF5O3S/c1-3-8-19(9-4-1)25(20-10-5-2-6-11-20)21-15-13-18(14-16-21)24-22-12-7-17-23-22;7-1-2(8)4(10)6(15(12,13)14)5(11)3(1)9/h1-6,8-11,13-16,22H,7,12,17H2;(H,12,13,14)/q+1;/p-1. The highest BCUT2D eigenvalue weighted by Gasteiger charge is 2.30. The van der Waals surface area contributed by atoms with Crippen molar-refractivity contribution in [2.45, 2.75) is 38.7 Å². The van der Waals surface area contributed by atoms with Gasteiger partial charge in [-0.1, -0.05) is 36.4 Å². The van der Waals surface area contributed by atoms with Crippen LogP contribution in [0.2, 0.25) is 0 Å². The maximum absolute atomic E-state index is 12.6. The number of ether oxygens (including phenoxy) is 2. The Morgan fingerprint density at radius 2 is 1.15 bits per heavy atom. The third kappa shape index (κ3) is 6.81. The lowest BCUT2D eigenvalue weighted by atomic mass is 10.3. The van der Waals surface area contributed by atoms with Gasteiger partial charge in [0.1, 0.15) is 20.8 Å². The molecule has 4 aromatic carbocycles. The van der Waals surface area contributed by atoms with E-state index in [4.69, 9.17) is 9.47 Å². The summed E-state index contributed by atoms with van der Waals surface area (Å²) in [7, 11) is -5.89. The second-order valence-electron chi connectivity index (χ2n) is 8.32. The minimum absolute atomic E-state index is 0.0904. The maximum atomic E-state index is 12.6. The lowest BCUT2D eigenvalue weighted by Gasteiger charge is -2.13. The van der Waals surface area contributed by atoms with Crippen molar-refractivity contribution in [1.82, 2.24) is 0 Å². The third-order valence-electron chi connectivity index (χ3n) is 5.59. The van der Waals surface area contributed by atoms with Crippen LogP contribution in [0.4, 0.5) is 22.0 Å². The first-order valence-electron chi connectivity index (χ1n) is 11.8. The van der Waals surface area contributed by atoms with Crippen LogP contribution in [0.15, 0.2) is 105 Å². The van der Waals surface area contributed by atoms with Gasteiger partial charge in [-0.2, -0.15) is 0 Å². The molecule has 12 heteroatoms. The van der Waals surface area contributed by atoms with Crippen LogP contribution in [0.3, 0.4) is 0 Å². The van der Waals surface area contributed by atoms with E-state index in [2.05, 4.69) is 84.9 Å². The van der Waals surface area contributed by atoms with Gasteiger partial charge < -0.3 is 14.0 Å². The monoisotopic (exact) mass is 596 g/mol. The lowest BCUT2D eigenvalue weighted by Crippen LogP contribution is -2.13. The quantitative estimate of drug-likeness (QED) is 0.0826. The summed E-state index contributed by atoms with van der Waals surface area (Å²) in [5.74, 6) is -12.0. The van der Waals surface area contributed by atoms with Crippen molar-refractivity contribution in [3.05, 3.63) is 114 Å². The van der Waals surface area contributed by atoms with Crippen LogP contribution in [-0.4, -0.2) is 25.9 Å². The molecule has 5 nitrogen and oxygen atoms in total. The van der Waals surface area contributed by atoms with Crippen molar-refractivity contribution in [2.75, 3.05) is 6.61 Å². The zero-order valence-corrected chi connectivity index (χ0v) is 22.2. The fourth-order valence-electron chi connectivity index (χ4n) is 3.77. The van der Waals surface area contributed by atoms with Crippen LogP contribution in [0, 0.1) is 29.1 Å². The Hall–Kier alpha value is -3.45. The van der Waals surface area contributed by atoms with Gasteiger partial charge in [-0.15, -0.1) is 0 Å². The molecule has 1 heterocycles. The Morgan fingerprint density at radius 3 is 1.57 bits per heavy atom. The van der Waals surface area contributed by atoms with E-state index < -0.39 is 44.1 Å². The predicted octanol–water partition coefficient (Wildman–Crippen LogP) is 6.58. The molecular weight excluding hydrogens is 575 g/mol. The zero-order chi connectivity index (χ0) is 28.9. The second-order valence-corrected chi connectivity index (χ2v) is 11.7. The fourth-order valence-corrected chi connectivity index (χ4v) is 6.47. The third-order valence-corrected chi connectivity index (χ3v) is 8.68. The highest BCUT2D eigenvalue weighted by atomic mass is 32.2. The van der Waals surface area contributed by atoms with Gasteiger partial charge in [-0.3, -0.25) is 0 Å². The minimum Gasteiger partial charge on any atom is -0.744 e. The molecule has 4 aromatic rings. The van der Waals surface area contributed by atoms with Crippen LogP contribution in [0.1, 0.15) is 12.8 Å². The van der Waals surface area contributed by atoms with Crippen molar-refractivity contribution in [3.63, 3.8) is 0 Å². The van der Waals surface area contributed by atoms with Gasteiger partial charge >= 0.3 is 0 Å². The fraction of sp³-hybridized carbons (Fsp3) is 0.143. The van der Waals surface area contributed by atoms with Crippen molar-refractivity contribution >= 4 is 21.0 Å². The summed E-state index contributed by atoms with van der Waals surface area (Å²) in [5.41, 5.74) is 0. The Balaban J connectivity index is 0.000000212. The molecule has 1 aliphatic rings. The molecule has 0 N–H and O–H groups in total. The number of hydrogen-bond donors (Lipinski definition) is 0. The van der Waals surface area contributed by atoms with Gasteiger partial charge in [0.15, 0.2) is 44.2 Å². The normalized spacial score (nSPS) is 15.0. The molecule has 0 radical (unpaired) electrons. The van der Waals surface area contributed by atoms with E-state index in [1.54, 1.807) is 0 Å². The lowest BCUT2D eigenvalue weighted by molar-refractivity contribution is -0.0390. The highest BCUT2D eigenvalue weighted by molar-refractivity contribution is 7.97. The first-order valence-corrected chi connectivity index (χ1v) is 14.4. The molecule has 1 unspecified atom stereocenters. The van der Waals surface area contributed by atoms with E-state index in [0.29, 0.717) is 0 Å². The van der Waals surface area contributed by atoms with Gasteiger partial charge in [-0.05, 0) is 55.0 Å². The molecule has 210 valence electrons. The molecule has 40 heavy (non-hydrogen) atoms. The Morgan fingerprint density at radius 1 is 0.700 bits per heavy atom. The van der Waals surface area contributed by atoms with Gasteiger partial charge in [0.25, 0.3) is 0 Å². The molecule has 1 fully saturated rings. The molecule has 0 bridgehead atoms. The van der Waals surface area contributed by atoms with Crippen LogP contribution >= 0.6 is 0 Å². The van der Waals surface area contributed by atoms with Crippen LogP contribution in [-0.2, 0) is 25.7 Å². The molecule has 5 rings (SSSR count). The van der Waals surface area contributed by atoms with Gasteiger partial charge in [0.2, 0.25) is 5.82 Å². The van der Waals surface area contributed by atoms with E-state index in [-0.39, 0.29) is 17.2 Å².